The van der Waals surface area contributed by atoms with Gasteiger partial charge in [-0.25, -0.2) is 18.5 Å². The third kappa shape index (κ3) is 4.64. The molecule has 4 rings (SSSR count). The molecule has 0 unspecified atom stereocenters. The number of nitrogens with two attached hydrogens (primary N) is 1. The van der Waals surface area contributed by atoms with E-state index in [2.05, 4.69) is 4.98 Å². The van der Waals surface area contributed by atoms with Crippen LogP contribution in [0.1, 0.15) is 10.6 Å². The van der Waals surface area contributed by atoms with Crippen LogP contribution >= 0.6 is 22.9 Å². The molecule has 3 aromatic rings. The number of aromatic nitrogens is 1. The van der Waals surface area contributed by atoms with E-state index < -0.39 is 10.0 Å². The number of sulfonamides is 1. The van der Waals surface area contributed by atoms with Gasteiger partial charge in [0.25, 0.3) is 0 Å². The lowest BCUT2D eigenvalue weighted by Crippen LogP contribution is -2.28. The first-order valence-corrected chi connectivity index (χ1v) is 12.1. The van der Waals surface area contributed by atoms with Crippen molar-refractivity contribution in [1.82, 2.24) is 9.88 Å². The van der Waals surface area contributed by atoms with Gasteiger partial charge in [-0.1, -0.05) is 35.9 Å². The first-order valence-electron chi connectivity index (χ1n) is 9.32. The van der Waals surface area contributed by atoms with Crippen molar-refractivity contribution in [2.45, 2.75) is 11.3 Å². The summed E-state index contributed by atoms with van der Waals surface area (Å²) < 4.78 is 22.7. The van der Waals surface area contributed by atoms with E-state index in [0.29, 0.717) is 28.6 Å². The van der Waals surface area contributed by atoms with Crippen molar-refractivity contribution in [3.05, 3.63) is 75.3 Å². The van der Waals surface area contributed by atoms with Gasteiger partial charge in [0.1, 0.15) is 16.6 Å². The number of benzene rings is 2. The van der Waals surface area contributed by atoms with E-state index >= 15 is 0 Å². The number of amidine groups is 1. The minimum absolute atomic E-state index is 0.0621. The second-order valence-electron chi connectivity index (χ2n) is 7.08. The maximum absolute atomic E-state index is 11.4. The third-order valence-corrected chi connectivity index (χ3v) is 7.00. The summed E-state index contributed by atoms with van der Waals surface area (Å²) in [7, 11) is -3.72. The second kappa shape index (κ2) is 8.43. The van der Waals surface area contributed by atoms with Crippen molar-refractivity contribution in [2.75, 3.05) is 13.1 Å². The van der Waals surface area contributed by atoms with E-state index in [1.807, 2.05) is 17.5 Å². The van der Waals surface area contributed by atoms with Gasteiger partial charge in [-0.2, -0.15) is 0 Å². The Bertz CT molecular complexity index is 1270. The van der Waals surface area contributed by atoms with Crippen LogP contribution in [0.3, 0.4) is 0 Å². The number of rotatable bonds is 6. The van der Waals surface area contributed by atoms with Crippen molar-refractivity contribution >= 4 is 44.4 Å². The summed E-state index contributed by atoms with van der Waals surface area (Å²) in [5, 5.41) is 27.3. The highest BCUT2D eigenvalue weighted by Crippen LogP contribution is 2.32. The molecule has 31 heavy (non-hydrogen) atoms. The molecule has 160 valence electrons. The Morgan fingerprint density at radius 1 is 1.16 bits per heavy atom. The Morgan fingerprint density at radius 3 is 2.48 bits per heavy atom. The zero-order valence-corrected chi connectivity index (χ0v) is 18.6. The summed E-state index contributed by atoms with van der Waals surface area (Å²) in [6, 6.07) is 13.7. The van der Waals surface area contributed by atoms with Gasteiger partial charge in [0.2, 0.25) is 10.0 Å². The van der Waals surface area contributed by atoms with Crippen LogP contribution in [0.25, 0.3) is 16.8 Å². The SMILES string of the molecule is N=C1C(c2nc(-c3ccc(Cl)cc3)cs2)=C(O)CN1CCc1ccc(S(N)(=O)=O)cc1. The average molecular weight is 475 g/mol. The summed E-state index contributed by atoms with van der Waals surface area (Å²) in [5.41, 5.74) is 3.02. The highest BCUT2D eigenvalue weighted by molar-refractivity contribution is 7.89. The molecule has 2 aromatic carbocycles. The molecule has 0 atom stereocenters. The van der Waals surface area contributed by atoms with Crippen LogP contribution in [-0.2, 0) is 16.4 Å². The van der Waals surface area contributed by atoms with E-state index in [1.165, 1.54) is 23.5 Å². The minimum Gasteiger partial charge on any atom is -0.510 e. The predicted molar refractivity (Wildman–Crippen MR) is 123 cm³/mol. The van der Waals surface area contributed by atoms with E-state index in [0.717, 1.165) is 16.8 Å². The zero-order chi connectivity index (χ0) is 22.2. The van der Waals surface area contributed by atoms with Crippen molar-refractivity contribution in [3.63, 3.8) is 0 Å². The predicted octanol–water partition coefficient (Wildman–Crippen LogP) is 3.92. The fourth-order valence-electron chi connectivity index (χ4n) is 3.30. The number of aliphatic hydroxyl groups excluding tert-OH is 1. The fraction of sp³-hybridized carbons (Fsp3) is 0.143. The number of hydrogen-bond acceptors (Lipinski definition) is 6. The monoisotopic (exact) mass is 474 g/mol. The highest BCUT2D eigenvalue weighted by atomic mass is 35.5. The Labute approximate surface area is 189 Å². The van der Waals surface area contributed by atoms with Crippen molar-refractivity contribution in [3.8, 4) is 11.3 Å². The van der Waals surface area contributed by atoms with Gasteiger partial charge in [0.05, 0.1) is 22.7 Å². The van der Waals surface area contributed by atoms with Gasteiger partial charge in [-0.05, 0) is 36.2 Å². The number of halogens is 1. The molecular formula is C21H19ClN4O3S2. The molecule has 1 aromatic heterocycles. The average Bonchev–Trinajstić information content (AvgIpc) is 3.31. The van der Waals surface area contributed by atoms with Gasteiger partial charge < -0.3 is 10.0 Å². The minimum atomic E-state index is -3.72. The van der Waals surface area contributed by atoms with Crippen LogP contribution in [0.5, 0.6) is 0 Å². The molecule has 2 heterocycles. The molecule has 0 bridgehead atoms. The molecule has 0 aliphatic carbocycles. The lowest BCUT2D eigenvalue weighted by molar-refractivity contribution is 0.351. The van der Waals surface area contributed by atoms with E-state index in [4.69, 9.17) is 22.1 Å². The second-order valence-corrected chi connectivity index (χ2v) is 9.93. The quantitative estimate of drug-likeness (QED) is 0.500. The third-order valence-electron chi connectivity index (χ3n) is 4.96. The molecule has 4 N–H and O–H groups in total. The van der Waals surface area contributed by atoms with E-state index in [1.54, 1.807) is 29.2 Å². The highest BCUT2D eigenvalue weighted by Gasteiger charge is 2.30. The molecule has 1 aliphatic heterocycles. The Hall–Kier alpha value is -2.72. The van der Waals surface area contributed by atoms with Crippen molar-refractivity contribution in [2.24, 2.45) is 5.14 Å². The van der Waals surface area contributed by atoms with Gasteiger partial charge in [0.15, 0.2) is 0 Å². The van der Waals surface area contributed by atoms with Gasteiger partial charge in [0, 0.05) is 22.5 Å². The van der Waals surface area contributed by atoms with Crippen LogP contribution < -0.4 is 5.14 Å². The van der Waals surface area contributed by atoms with E-state index in [9.17, 15) is 13.5 Å². The van der Waals surface area contributed by atoms with Gasteiger partial charge in [-0.3, -0.25) is 5.41 Å². The lowest BCUT2D eigenvalue weighted by atomic mass is 10.1. The van der Waals surface area contributed by atoms with Gasteiger partial charge in [-0.15, -0.1) is 11.3 Å². The Balaban J connectivity index is 1.44. The molecule has 0 spiro atoms. The summed E-state index contributed by atoms with van der Waals surface area (Å²) in [6.07, 6.45) is 0.585. The number of nitrogens with zero attached hydrogens (tertiary/aromatic N) is 2. The normalized spacial score (nSPS) is 14.5. The summed E-state index contributed by atoms with van der Waals surface area (Å²) >= 11 is 7.32. The molecular weight excluding hydrogens is 456 g/mol. The molecule has 0 amide bonds. The largest absolute Gasteiger partial charge is 0.510 e. The zero-order valence-electron chi connectivity index (χ0n) is 16.2. The first kappa shape index (κ1) is 21.5. The Morgan fingerprint density at radius 2 is 1.84 bits per heavy atom. The fourth-order valence-corrected chi connectivity index (χ4v) is 4.84. The smallest absolute Gasteiger partial charge is 0.238 e. The molecule has 10 heteroatoms. The van der Waals surface area contributed by atoms with Crippen LogP contribution in [0.15, 0.2) is 64.6 Å². The summed E-state index contributed by atoms with van der Waals surface area (Å²) in [5.74, 6) is 0.335. The summed E-state index contributed by atoms with van der Waals surface area (Å²) in [6.45, 7) is 0.732. The topological polar surface area (TPSA) is 120 Å². The number of hydrogen-bond donors (Lipinski definition) is 3. The first-order chi connectivity index (χ1) is 14.7. The molecule has 7 nitrogen and oxygen atoms in total. The van der Waals surface area contributed by atoms with Crippen LogP contribution in [0.2, 0.25) is 5.02 Å². The maximum Gasteiger partial charge on any atom is 0.238 e. The van der Waals surface area contributed by atoms with Crippen LogP contribution in [0, 0.1) is 5.41 Å². The standard InChI is InChI=1S/C21H19ClN4O3S2/c22-15-5-3-14(4-6-15)17-12-30-21(25-17)19-18(27)11-26(20(19)23)10-9-13-1-7-16(8-2-13)31(24,28)29/h1-8,12,23,27H,9-11H2,(H2,24,28,29). The number of nitrogens with one attached hydrogen (secondary N) is 1. The molecule has 1 aliphatic rings. The maximum atomic E-state index is 11.4. The van der Waals surface area contributed by atoms with Crippen LogP contribution in [0.4, 0.5) is 0 Å². The van der Waals surface area contributed by atoms with Crippen LogP contribution in [-0.4, -0.2) is 42.3 Å². The Kier molecular flexibility index (Phi) is 5.85. The summed E-state index contributed by atoms with van der Waals surface area (Å²) in [4.78, 5) is 6.43. The molecule has 0 saturated carbocycles. The number of thiazole rings is 1. The van der Waals surface area contributed by atoms with Crippen molar-refractivity contribution < 1.29 is 13.5 Å². The number of aliphatic hydroxyl groups is 1. The number of primary sulfonamides is 1. The molecule has 0 saturated heterocycles. The van der Waals surface area contributed by atoms with E-state index in [-0.39, 0.29) is 23.0 Å². The van der Waals surface area contributed by atoms with Gasteiger partial charge >= 0.3 is 0 Å². The lowest BCUT2D eigenvalue weighted by Gasteiger charge is -2.18. The molecule has 0 radical (unpaired) electrons. The van der Waals surface area contributed by atoms with Crippen molar-refractivity contribution in [1.29, 1.82) is 5.41 Å². The molecule has 0 fully saturated rings.